The van der Waals surface area contributed by atoms with E-state index in [1.165, 1.54) is 4.90 Å². The zero-order chi connectivity index (χ0) is 6.85. The summed E-state index contributed by atoms with van der Waals surface area (Å²) in [6.45, 7) is 2.46. The molecular formula is C6H10FNO. The number of hydrogen-bond acceptors (Lipinski definition) is 1. The molecule has 1 aliphatic rings. The molecule has 0 aromatic rings. The number of hydrogen-bond donors (Lipinski definition) is 0. The predicted octanol–water partition coefficient (Wildman–Crippen LogP) is 1.56. The summed E-state index contributed by atoms with van der Waals surface area (Å²) < 4.78 is 11.9. The Kier molecular flexibility index (Phi) is 1.69. The highest BCUT2D eigenvalue weighted by Gasteiger charge is 2.24. The summed E-state index contributed by atoms with van der Waals surface area (Å²) in [4.78, 5) is 11.4. The summed E-state index contributed by atoms with van der Waals surface area (Å²) in [5.74, 6) is 0. The fraction of sp³-hybridized carbons (Fsp3) is 0.833. The van der Waals surface area contributed by atoms with Gasteiger partial charge in [0.25, 0.3) is 0 Å². The Morgan fingerprint density at radius 2 is 2.44 bits per heavy atom. The largest absolute Gasteiger partial charge is 0.400 e. The van der Waals surface area contributed by atoms with Crippen LogP contribution in [-0.2, 0) is 0 Å². The van der Waals surface area contributed by atoms with E-state index in [-0.39, 0.29) is 6.04 Å². The second kappa shape index (κ2) is 2.33. The highest BCUT2D eigenvalue weighted by Crippen LogP contribution is 2.16. The SMILES string of the molecule is CC1CCCN1C(=O)F. The molecular weight excluding hydrogens is 121 g/mol. The fourth-order valence-corrected chi connectivity index (χ4v) is 1.19. The quantitative estimate of drug-likeness (QED) is 0.361. The molecule has 1 fully saturated rings. The van der Waals surface area contributed by atoms with Crippen LogP contribution in [0.1, 0.15) is 19.8 Å². The van der Waals surface area contributed by atoms with E-state index in [4.69, 9.17) is 0 Å². The van der Waals surface area contributed by atoms with Crippen LogP contribution in [0.25, 0.3) is 0 Å². The molecule has 9 heavy (non-hydrogen) atoms. The van der Waals surface area contributed by atoms with Gasteiger partial charge in [0.1, 0.15) is 0 Å². The highest BCUT2D eigenvalue weighted by atomic mass is 19.1. The zero-order valence-electron chi connectivity index (χ0n) is 5.43. The van der Waals surface area contributed by atoms with E-state index in [2.05, 4.69) is 0 Å². The first-order valence-electron chi connectivity index (χ1n) is 3.18. The number of carbonyl (C=O) groups is 1. The molecule has 2 nitrogen and oxygen atoms in total. The minimum Gasteiger partial charge on any atom is -0.312 e. The topological polar surface area (TPSA) is 20.3 Å². The Labute approximate surface area is 53.6 Å². The molecule has 0 aromatic heterocycles. The minimum atomic E-state index is -1.28. The highest BCUT2D eigenvalue weighted by molar-refractivity contribution is 5.66. The third-order valence-corrected chi connectivity index (χ3v) is 1.78. The second-order valence-corrected chi connectivity index (χ2v) is 2.44. The first kappa shape index (κ1) is 6.52. The van der Waals surface area contributed by atoms with Gasteiger partial charge in [-0.1, -0.05) is 0 Å². The van der Waals surface area contributed by atoms with Gasteiger partial charge in [-0.15, -0.1) is 4.39 Å². The molecule has 1 rings (SSSR count). The van der Waals surface area contributed by atoms with Gasteiger partial charge < -0.3 is 4.90 Å². The summed E-state index contributed by atoms with van der Waals surface area (Å²) in [6, 6.07) is 0.113. The van der Waals surface area contributed by atoms with Gasteiger partial charge in [0.05, 0.1) is 0 Å². The van der Waals surface area contributed by atoms with Crippen molar-refractivity contribution in [2.45, 2.75) is 25.8 Å². The van der Waals surface area contributed by atoms with E-state index < -0.39 is 6.16 Å². The lowest BCUT2D eigenvalue weighted by atomic mass is 10.2. The maximum atomic E-state index is 11.9. The number of rotatable bonds is 0. The molecule has 1 amide bonds. The van der Waals surface area contributed by atoms with E-state index in [0.29, 0.717) is 6.54 Å². The van der Waals surface area contributed by atoms with Crippen LogP contribution < -0.4 is 0 Å². The average molecular weight is 131 g/mol. The molecule has 1 atom stereocenters. The summed E-state index contributed by atoms with van der Waals surface area (Å²) >= 11 is 0. The van der Waals surface area contributed by atoms with Crippen LogP contribution in [0.5, 0.6) is 0 Å². The second-order valence-electron chi connectivity index (χ2n) is 2.44. The molecule has 3 heteroatoms. The summed E-state index contributed by atoms with van der Waals surface area (Å²) in [5.41, 5.74) is 0. The van der Waals surface area contributed by atoms with Gasteiger partial charge in [-0.2, -0.15) is 0 Å². The molecule has 1 saturated heterocycles. The van der Waals surface area contributed by atoms with E-state index >= 15 is 0 Å². The molecule has 0 saturated carbocycles. The molecule has 52 valence electrons. The molecule has 0 aliphatic carbocycles. The molecule has 0 aromatic carbocycles. The molecule has 0 radical (unpaired) electrons. The lowest BCUT2D eigenvalue weighted by molar-refractivity contribution is 0.172. The summed E-state index contributed by atoms with van der Waals surface area (Å²) in [7, 11) is 0. The first-order chi connectivity index (χ1) is 4.22. The Balaban J connectivity index is 2.49. The van der Waals surface area contributed by atoms with Crippen molar-refractivity contribution in [3.05, 3.63) is 0 Å². The van der Waals surface area contributed by atoms with Gasteiger partial charge in [0, 0.05) is 12.6 Å². The van der Waals surface area contributed by atoms with Crippen molar-refractivity contribution in [1.82, 2.24) is 4.90 Å². The molecule has 0 spiro atoms. The van der Waals surface area contributed by atoms with Crippen LogP contribution in [0.4, 0.5) is 9.18 Å². The Morgan fingerprint density at radius 3 is 2.67 bits per heavy atom. The Hall–Kier alpha value is -0.600. The lowest BCUT2D eigenvalue weighted by Crippen LogP contribution is -2.29. The number of carbonyl (C=O) groups excluding carboxylic acids is 1. The normalized spacial score (nSPS) is 26.9. The molecule has 1 heterocycles. The van der Waals surface area contributed by atoms with E-state index in [9.17, 15) is 9.18 Å². The van der Waals surface area contributed by atoms with Crippen LogP contribution >= 0.6 is 0 Å². The zero-order valence-corrected chi connectivity index (χ0v) is 5.43. The van der Waals surface area contributed by atoms with Crippen LogP contribution in [-0.4, -0.2) is 23.6 Å². The Bertz CT molecular complexity index is 126. The number of nitrogens with zero attached hydrogens (tertiary/aromatic N) is 1. The Morgan fingerprint density at radius 1 is 1.78 bits per heavy atom. The van der Waals surface area contributed by atoms with E-state index in [1.807, 2.05) is 6.92 Å². The lowest BCUT2D eigenvalue weighted by Gasteiger charge is -2.15. The smallest absolute Gasteiger partial charge is 0.312 e. The number of halogens is 1. The van der Waals surface area contributed by atoms with Crippen molar-refractivity contribution in [2.24, 2.45) is 0 Å². The summed E-state index contributed by atoms with van der Waals surface area (Å²) in [6.07, 6.45) is 0.604. The molecule has 1 aliphatic heterocycles. The fourth-order valence-electron chi connectivity index (χ4n) is 1.19. The van der Waals surface area contributed by atoms with Crippen molar-refractivity contribution >= 4 is 6.16 Å². The van der Waals surface area contributed by atoms with E-state index in [1.54, 1.807) is 0 Å². The van der Waals surface area contributed by atoms with Gasteiger partial charge in [0.15, 0.2) is 0 Å². The van der Waals surface area contributed by atoms with Gasteiger partial charge in [-0.05, 0) is 19.8 Å². The van der Waals surface area contributed by atoms with Crippen LogP contribution in [0.2, 0.25) is 0 Å². The van der Waals surface area contributed by atoms with Crippen molar-refractivity contribution < 1.29 is 9.18 Å². The van der Waals surface area contributed by atoms with Gasteiger partial charge in [-0.25, -0.2) is 4.79 Å². The average Bonchev–Trinajstić information content (AvgIpc) is 2.13. The van der Waals surface area contributed by atoms with E-state index in [0.717, 1.165) is 12.8 Å². The maximum Gasteiger partial charge on any atom is 0.400 e. The van der Waals surface area contributed by atoms with Crippen LogP contribution in [0, 0.1) is 0 Å². The van der Waals surface area contributed by atoms with Gasteiger partial charge in [-0.3, -0.25) is 0 Å². The standard InChI is InChI=1S/C6H10FNO/c1-5-3-2-4-8(5)6(7)9/h5H,2-4H2,1H3. The number of likely N-dealkylation sites (tertiary alicyclic amines) is 1. The van der Waals surface area contributed by atoms with Crippen LogP contribution in [0.15, 0.2) is 0 Å². The molecule has 0 bridgehead atoms. The number of amides is 1. The monoisotopic (exact) mass is 131 g/mol. The van der Waals surface area contributed by atoms with Crippen molar-refractivity contribution in [2.75, 3.05) is 6.54 Å². The first-order valence-corrected chi connectivity index (χ1v) is 3.18. The van der Waals surface area contributed by atoms with Crippen LogP contribution in [0.3, 0.4) is 0 Å². The van der Waals surface area contributed by atoms with Gasteiger partial charge in [0.2, 0.25) is 0 Å². The minimum absolute atomic E-state index is 0.113. The maximum absolute atomic E-state index is 11.9. The van der Waals surface area contributed by atoms with Gasteiger partial charge >= 0.3 is 6.16 Å². The third-order valence-electron chi connectivity index (χ3n) is 1.78. The van der Waals surface area contributed by atoms with Crippen molar-refractivity contribution in [3.8, 4) is 0 Å². The third kappa shape index (κ3) is 1.20. The van der Waals surface area contributed by atoms with Crippen molar-refractivity contribution in [1.29, 1.82) is 0 Å². The molecule has 0 N–H and O–H groups in total. The van der Waals surface area contributed by atoms with Crippen molar-refractivity contribution in [3.63, 3.8) is 0 Å². The summed E-state index contributed by atoms with van der Waals surface area (Å²) in [5, 5.41) is 0. The molecule has 1 unspecified atom stereocenters. The predicted molar refractivity (Wildman–Crippen MR) is 31.9 cm³/mol.